The van der Waals surface area contributed by atoms with Gasteiger partial charge in [0.15, 0.2) is 17.3 Å². The molecule has 0 aliphatic rings. The predicted octanol–water partition coefficient (Wildman–Crippen LogP) is 3.58. The van der Waals surface area contributed by atoms with Crippen LogP contribution in [-0.2, 0) is 4.79 Å². The van der Waals surface area contributed by atoms with Crippen molar-refractivity contribution in [1.29, 1.82) is 0 Å². The number of hydrogen-bond donors (Lipinski definition) is 2. The average molecular weight is 296 g/mol. The number of carbonyl (C=O) groups is 1. The minimum absolute atomic E-state index is 0.000209. The summed E-state index contributed by atoms with van der Waals surface area (Å²) in [4.78, 5) is 11.8. The summed E-state index contributed by atoms with van der Waals surface area (Å²) in [5.41, 5.74) is 1.23. The molecule has 4 heteroatoms. The molecule has 0 spiro atoms. The van der Waals surface area contributed by atoms with Crippen molar-refractivity contribution in [2.75, 3.05) is 7.11 Å². The second-order valence-electron chi connectivity index (χ2n) is 4.56. The van der Waals surface area contributed by atoms with Crippen LogP contribution in [0.25, 0.3) is 11.8 Å². The van der Waals surface area contributed by atoms with Crippen molar-refractivity contribution in [3.8, 4) is 11.5 Å². The molecule has 22 heavy (non-hydrogen) atoms. The number of phenols is 1. The quantitative estimate of drug-likeness (QED) is 0.653. The molecule has 0 saturated heterocycles. The molecule has 0 saturated carbocycles. The first-order valence-corrected chi connectivity index (χ1v) is 6.65. The largest absolute Gasteiger partial charge is 0.507 e. The van der Waals surface area contributed by atoms with E-state index in [9.17, 15) is 15.0 Å². The van der Waals surface area contributed by atoms with Crippen LogP contribution in [0.3, 0.4) is 0 Å². The molecule has 2 aromatic rings. The molecule has 4 nitrogen and oxygen atoms in total. The van der Waals surface area contributed by atoms with Crippen LogP contribution in [0, 0.1) is 0 Å². The number of ketones is 1. The Morgan fingerprint density at radius 1 is 1.14 bits per heavy atom. The first-order valence-electron chi connectivity index (χ1n) is 6.65. The van der Waals surface area contributed by atoms with E-state index in [1.807, 2.05) is 6.07 Å². The van der Waals surface area contributed by atoms with Gasteiger partial charge in [-0.2, -0.15) is 0 Å². The molecule has 0 bridgehead atoms. The van der Waals surface area contributed by atoms with Gasteiger partial charge in [-0.1, -0.05) is 42.5 Å². The zero-order valence-corrected chi connectivity index (χ0v) is 12.1. The summed E-state index contributed by atoms with van der Waals surface area (Å²) in [5, 5.41) is 19.5. The number of methoxy groups -OCH3 is 1. The van der Waals surface area contributed by atoms with Gasteiger partial charge < -0.3 is 14.9 Å². The number of aromatic hydroxyl groups is 1. The van der Waals surface area contributed by atoms with Crippen molar-refractivity contribution < 1.29 is 19.7 Å². The van der Waals surface area contributed by atoms with E-state index in [-0.39, 0.29) is 17.3 Å². The highest BCUT2D eigenvalue weighted by Gasteiger charge is 2.02. The highest BCUT2D eigenvalue weighted by atomic mass is 16.5. The Morgan fingerprint density at radius 3 is 2.50 bits per heavy atom. The first-order chi connectivity index (χ1) is 10.6. The van der Waals surface area contributed by atoms with Gasteiger partial charge in [-0.05, 0) is 23.8 Å². The Bertz CT molecular complexity index is 715. The van der Waals surface area contributed by atoms with Crippen molar-refractivity contribution in [1.82, 2.24) is 0 Å². The van der Waals surface area contributed by atoms with E-state index in [0.717, 1.165) is 6.08 Å². The molecule has 0 unspecified atom stereocenters. The summed E-state index contributed by atoms with van der Waals surface area (Å²) in [5.74, 6) is -0.0747. The molecule has 2 rings (SSSR count). The molecule has 0 aliphatic heterocycles. The Labute approximate surface area is 128 Å². The Kier molecular flexibility index (Phi) is 4.98. The lowest BCUT2D eigenvalue weighted by molar-refractivity contribution is -0.110. The van der Waals surface area contributed by atoms with E-state index in [4.69, 9.17) is 4.74 Å². The highest BCUT2D eigenvalue weighted by molar-refractivity contribution is 6.05. The molecule has 0 atom stereocenters. The smallest absolute Gasteiger partial charge is 0.182 e. The van der Waals surface area contributed by atoms with Crippen molar-refractivity contribution >= 4 is 17.6 Å². The number of aliphatic hydroxyl groups excluding tert-OH is 1. The monoisotopic (exact) mass is 296 g/mol. The van der Waals surface area contributed by atoms with Gasteiger partial charge in [0, 0.05) is 11.6 Å². The van der Waals surface area contributed by atoms with Gasteiger partial charge in [-0.25, -0.2) is 0 Å². The minimum Gasteiger partial charge on any atom is -0.507 e. The van der Waals surface area contributed by atoms with Crippen molar-refractivity contribution in [2.45, 2.75) is 0 Å². The maximum absolute atomic E-state index is 11.8. The molecule has 112 valence electrons. The van der Waals surface area contributed by atoms with Crippen LogP contribution in [0.15, 0.2) is 60.7 Å². The number of phenolic OH excluding ortho intramolecular Hbond substituents is 1. The fourth-order valence-electron chi connectivity index (χ4n) is 1.86. The third-order valence-electron chi connectivity index (χ3n) is 2.99. The summed E-state index contributed by atoms with van der Waals surface area (Å²) >= 11 is 0. The molecule has 0 amide bonds. The van der Waals surface area contributed by atoms with Gasteiger partial charge in [0.2, 0.25) is 0 Å². The lowest BCUT2D eigenvalue weighted by Crippen LogP contribution is -1.90. The predicted molar refractivity (Wildman–Crippen MR) is 85.7 cm³/mol. The lowest BCUT2D eigenvalue weighted by atomic mass is 10.1. The third-order valence-corrected chi connectivity index (χ3v) is 2.99. The van der Waals surface area contributed by atoms with Crippen LogP contribution >= 0.6 is 0 Å². The van der Waals surface area contributed by atoms with Crippen LogP contribution in [0.2, 0.25) is 0 Å². The van der Waals surface area contributed by atoms with Crippen LogP contribution in [0.5, 0.6) is 11.5 Å². The molecule has 0 radical (unpaired) electrons. The topological polar surface area (TPSA) is 66.8 Å². The van der Waals surface area contributed by atoms with Crippen LogP contribution in [-0.4, -0.2) is 23.1 Å². The number of carbonyl (C=O) groups excluding carboxylic acids is 1. The number of hydrogen-bond acceptors (Lipinski definition) is 4. The SMILES string of the molecule is COc1ccc(/C=C/C(=O)/C=C(\O)c2ccccc2)cc1O. The second kappa shape index (κ2) is 7.13. The van der Waals surface area contributed by atoms with Gasteiger partial charge in [-0.15, -0.1) is 0 Å². The molecule has 2 N–H and O–H groups in total. The molecular weight excluding hydrogens is 280 g/mol. The van der Waals surface area contributed by atoms with Crippen molar-refractivity contribution in [3.05, 3.63) is 71.8 Å². The van der Waals surface area contributed by atoms with Gasteiger partial charge in [0.05, 0.1) is 7.11 Å². The molecule has 2 aromatic carbocycles. The fourth-order valence-corrected chi connectivity index (χ4v) is 1.86. The molecule has 0 fully saturated rings. The molecule has 0 aromatic heterocycles. The maximum atomic E-state index is 11.8. The second-order valence-corrected chi connectivity index (χ2v) is 4.56. The molecular formula is C18H16O4. The minimum atomic E-state index is -0.350. The summed E-state index contributed by atoms with van der Waals surface area (Å²) in [6, 6.07) is 13.6. The maximum Gasteiger partial charge on any atom is 0.182 e. The fraction of sp³-hybridized carbons (Fsp3) is 0.0556. The normalized spacial score (nSPS) is 11.6. The van der Waals surface area contributed by atoms with E-state index in [1.165, 1.54) is 19.3 Å². The average Bonchev–Trinajstić information content (AvgIpc) is 2.54. The number of benzene rings is 2. The highest BCUT2D eigenvalue weighted by Crippen LogP contribution is 2.26. The zero-order chi connectivity index (χ0) is 15.9. The summed E-state index contributed by atoms with van der Waals surface area (Å²) in [6.45, 7) is 0. The van der Waals surface area contributed by atoms with E-state index >= 15 is 0 Å². The van der Waals surface area contributed by atoms with E-state index in [1.54, 1.807) is 42.5 Å². The molecule has 0 heterocycles. The number of aliphatic hydroxyl groups is 1. The molecule has 0 aliphatic carbocycles. The number of ether oxygens (including phenoxy) is 1. The van der Waals surface area contributed by atoms with Gasteiger partial charge in [0.25, 0.3) is 0 Å². The lowest BCUT2D eigenvalue weighted by Gasteiger charge is -2.03. The van der Waals surface area contributed by atoms with Crippen LogP contribution < -0.4 is 4.74 Å². The zero-order valence-electron chi connectivity index (χ0n) is 12.1. The summed E-state index contributed by atoms with van der Waals surface area (Å²) < 4.78 is 4.94. The van der Waals surface area contributed by atoms with Crippen molar-refractivity contribution in [2.24, 2.45) is 0 Å². The summed E-state index contributed by atoms with van der Waals surface area (Å²) in [7, 11) is 1.46. The standard InChI is InChI=1S/C18H16O4/c1-22-18-10-8-13(11-17(18)21)7-9-15(19)12-16(20)14-5-3-2-4-6-14/h2-12,20-21H,1H3/b9-7+,16-12-. The van der Waals surface area contributed by atoms with Crippen molar-refractivity contribution in [3.63, 3.8) is 0 Å². The van der Waals surface area contributed by atoms with Crippen LogP contribution in [0.4, 0.5) is 0 Å². The van der Waals surface area contributed by atoms with Gasteiger partial charge >= 0.3 is 0 Å². The van der Waals surface area contributed by atoms with E-state index < -0.39 is 0 Å². The first kappa shape index (κ1) is 15.4. The van der Waals surface area contributed by atoms with E-state index in [0.29, 0.717) is 16.9 Å². The number of allylic oxidation sites excluding steroid dienone is 2. The Balaban J connectivity index is 2.10. The van der Waals surface area contributed by atoms with Gasteiger partial charge in [0.1, 0.15) is 5.76 Å². The third kappa shape index (κ3) is 3.99. The van der Waals surface area contributed by atoms with Crippen LogP contribution in [0.1, 0.15) is 11.1 Å². The Morgan fingerprint density at radius 2 is 1.86 bits per heavy atom. The Hall–Kier alpha value is -3.01. The van der Waals surface area contributed by atoms with E-state index in [2.05, 4.69) is 0 Å². The summed E-state index contributed by atoms with van der Waals surface area (Å²) in [6.07, 6.45) is 4.02. The number of rotatable bonds is 5. The van der Waals surface area contributed by atoms with Gasteiger partial charge in [-0.3, -0.25) is 4.79 Å².